The predicted molar refractivity (Wildman–Crippen MR) is 113 cm³/mol. The van der Waals surface area contributed by atoms with Crippen LogP contribution in [-0.4, -0.2) is 59.6 Å². The van der Waals surface area contributed by atoms with Gasteiger partial charge >= 0.3 is 0 Å². The van der Waals surface area contributed by atoms with Gasteiger partial charge in [0.2, 0.25) is 0 Å². The maximum atomic E-state index is 9.82. The zero-order valence-electron chi connectivity index (χ0n) is 17.9. The van der Waals surface area contributed by atoms with E-state index < -0.39 is 24.4 Å². The molecule has 1 fully saturated rings. The fourth-order valence-corrected chi connectivity index (χ4v) is 3.47. The first-order chi connectivity index (χ1) is 13.7. The summed E-state index contributed by atoms with van der Waals surface area (Å²) in [6.07, 6.45) is 17.4. The fraction of sp³-hybridized carbons (Fsp3) is 0.913. The molecule has 0 unspecified atom stereocenters. The van der Waals surface area contributed by atoms with Gasteiger partial charge in [-0.2, -0.15) is 0 Å². The lowest BCUT2D eigenvalue weighted by molar-refractivity contribution is -0.199. The molecule has 0 aromatic heterocycles. The smallest absolute Gasteiger partial charge is 0.111 e. The van der Waals surface area contributed by atoms with Gasteiger partial charge < -0.3 is 24.8 Å². The van der Waals surface area contributed by atoms with E-state index in [1.54, 1.807) is 0 Å². The third-order valence-electron chi connectivity index (χ3n) is 5.44. The summed E-state index contributed by atoms with van der Waals surface area (Å²) >= 11 is 0. The van der Waals surface area contributed by atoms with Crippen molar-refractivity contribution in [3.8, 4) is 0 Å². The first-order valence-electron chi connectivity index (χ1n) is 11.5. The molecule has 1 heterocycles. The van der Waals surface area contributed by atoms with E-state index in [4.69, 9.17) is 9.47 Å². The van der Waals surface area contributed by atoms with Gasteiger partial charge in [-0.1, -0.05) is 76.9 Å². The first-order valence-corrected chi connectivity index (χ1v) is 11.5. The van der Waals surface area contributed by atoms with E-state index in [0.717, 1.165) is 12.8 Å². The lowest BCUT2D eigenvalue weighted by Crippen LogP contribution is -2.54. The van der Waals surface area contributed by atoms with Gasteiger partial charge in [0.25, 0.3) is 0 Å². The zero-order chi connectivity index (χ0) is 20.5. The molecule has 0 bridgehead atoms. The van der Waals surface area contributed by atoms with Crippen LogP contribution in [0, 0.1) is 0 Å². The maximum absolute atomic E-state index is 9.82. The number of aliphatic hydroxyl groups excluding tert-OH is 3. The molecular formula is C23H44O5. The summed E-state index contributed by atoms with van der Waals surface area (Å²) in [6, 6.07) is 0. The summed E-state index contributed by atoms with van der Waals surface area (Å²) in [5.41, 5.74) is 0. The minimum absolute atomic E-state index is 0.0436. The molecule has 1 rings (SSSR count). The van der Waals surface area contributed by atoms with Crippen LogP contribution in [0.1, 0.15) is 90.4 Å². The molecule has 1 saturated heterocycles. The predicted octanol–water partition coefficient (Wildman–Crippen LogP) is 4.13. The lowest BCUT2D eigenvalue weighted by atomic mass is 10.0. The van der Waals surface area contributed by atoms with Crippen LogP contribution in [0.25, 0.3) is 0 Å². The molecule has 28 heavy (non-hydrogen) atoms. The standard InChI is InChI=1S/C23H44O5/c1-2-3-4-5-6-7-8-9-10-11-12-13-14-15-16-17-27-19-21-23(26)22(25)20(24)18-28-21/h5-6,20-26H,2-4,7-19H2,1H3/b6-5+/t20-,21+,22+,23+/m0/s1. The molecule has 0 spiro atoms. The Morgan fingerprint density at radius 1 is 0.786 bits per heavy atom. The number of aliphatic hydroxyl groups is 3. The topological polar surface area (TPSA) is 79.2 Å². The molecule has 5 heteroatoms. The van der Waals surface area contributed by atoms with Crippen molar-refractivity contribution in [2.45, 2.75) is 115 Å². The van der Waals surface area contributed by atoms with Gasteiger partial charge in [-0.15, -0.1) is 0 Å². The molecule has 0 radical (unpaired) electrons. The van der Waals surface area contributed by atoms with Crippen LogP contribution in [0.2, 0.25) is 0 Å². The van der Waals surface area contributed by atoms with Crippen LogP contribution in [0.15, 0.2) is 12.2 Å². The van der Waals surface area contributed by atoms with E-state index in [1.807, 2.05) is 0 Å². The number of hydrogen-bond acceptors (Lipinski definition) is 5. The van der Waals surface area contributed by atoms with Gasteiger partial charge in [-0.05, 0) is 25.7 Å². The van der Waals surface area contributed by atoms with Gasteiger partial charge in [0, 0.05) is 6.61 Å². The minimum Gasteiger partial charge on any atom is -0.388 e. The van der Waals surface area contributed by atoms with Crippen molar-refractivity contribution < 1.29 is 24.8 Å². The van der Waals surface area contributed by atoms with Crippen molar-refractivity contribution in [2.75, 3.05) is 19.8 Å². The lowest BCUT2D eigenvalue weighted by Gasteiger charge is -2.35. The highest BCUT2D eigenvalue weighted by atomic mass is 16.6. The van der Waals surface area contributed by atoms with Gasteiger partial charge in [0.1, 0.15) is 24.4 Å². The number of hydrogen-bond donors (Lipinski definition) is 3. The Kier molecular flexibility index (Phi) is 15.9. The average molecular weight is 401 g/mol. The summed E-state index contributed by atoms with van der Waals surface area (Å²) in [6.45, 7) is 3.19. The summed E-state index contributed by atoms with van der Waals surface area (Å²) in [7, 11) is 0. The molecule has 0 saturated carbocycles. The van der Waals surface area contributed by atoms with Crippen LogP contribution in [0.4, 0.5) is 0 Å². The quantitative estimate of drug-likeness (QED) is 0.253. The summed E-state index contributed by atoms with van der Waals surface area (Å²) in [4.78, 5) is 0. The molecule has 0 amide bonds. The molecule has 1 aliphatic heterocycles. The third-order valence-corrected chi connectivity index (χ3v) is 5.44. The summed E-state index contributed by atoms with van der Waals surface area (Å²) in [5.74, 6) is 0. The van der Waals surface area contributed by atoms with E-state index in [0.29, 0.717) is 6.61 Å². The maximum Gasteiger partial charge on any atom is 0.111 e. The third kappa shape index (κ3) is 12.2. The van der Waals surface area contributed by atoms with Crippen LogP contribution < -0.4 is 0 Å². The second-order valence-electron chi connectivity index (χ2n) is 8.08. The van der Waals surface area contributed by atoms with Crippen molar-refractivity contribution in [3.05, 3.63) is 12.2 Å². The number of ether oxygens (including phenoxy) is 2. The SMILES string of the molecule is CCCC/C=C/CCCCCCCCCCCOC[C@H]1OC[C@H](O)[C@@H](O)[C@@H]1O. The molecular weight excluding hydrogens is 356 g/mol. The molecule has 0 aliphatic carbocycles. The van der Waals surface area contributed by atoms with Crippen LogP contribution in [-0.2, 0) is 9.47 Å². The van der Waals surface area contributed by atoms with Crippen molar-refractivity contribution in [3.63, 3.8) is 0 Å². The largest absolute Gasteiger partial charge is 0.388 e. The first kappa shape index (κ1) is 25.6. The fourth-order valence-electron chi connectivity index (χ4n) is 3.47. The number of unbranched alkanes of at least 4 members (excludes halogenated alkanes) is 11. The van der Waals surface area contributed by atoms with E-state index >= 15 is 0 Å². The molecule has 0 aromatic rings. The van der Waals surface area contributed by atoms with Gasteiger partial charge in [0.15, 0.2) is 0 Å². The highest BCUT2D eigenvalue weighted by Gasteiger charge is 2.37. The molecule has 4 atom stereocenters. The second kappa shape index (κ2) is 17.4. The molecule has 5 nitrogen and oxygen atoms in total. The van der Waals surface area contributed by atoms with Crippen LogP contribution in [0.5, 0.6) is 0 Å². The number of rotatable bonds is 17. The Bertz CT molecular complexity index is 374. The van der Waals surface area contributed by atoms with Crippen LogP contribution in [0.3, 0.4) is 0 Å². The van der Waals surface area contributed by atoms with Gasteiger partial charge in [-0.25, -0.2) is 0 Å². The Morgan fingerprint density at radius 2 is 1.36 bits per heavy atom. The minimum atomic E-state index is -1.15. The molecule has 1 aliphatic rings. The highest BCUT2D eigenvalue weighted by molar-refractivity contribution is 4.86. The Labute approximate surface area is 172 Å². The highest BCUT2D eigenvalue weighted by Crippen LogP contribution is 2.16. The molecule has 3 N–H and O–H groups in total. The normalized spacial score (nSPS) is 25.6. The van der Waals surface area contributed by atoms with Crippen molar-refractivity contribution in [1.82, 2.24) is 0 Å². The van der Waals surface area contributed by atoms with E-state index in [2.05, 4.69) is 19.1 Å². The summed E-state index contributed by atoms with van der Waals surface area (Å²) < 4.78 is 10.9. The number of allylic oxidation sites excluding steroid dienone is 2. The van der Waals surface area contributed by atoms with Crippen LogP contribution >= 0.6 is 0 Å². The van der Waals surface area contributed by atoms with Gasteiger partial charge in [0.05, 0.1) is 13.2 Å². The Balaban J connectivity index is 1.79. The van der Waals surface area contributed by atoms with E-state index in [1.165, 1.54) is 70.6 Å². The second-order valence-corrected chi connectivity index (χ2v) is 8.08. The Hall–Kier alpha value is -0.460. The van der Waals surface area contributed by atoms with Crippen molar-refractivity contribution in [2.24, 2.45) is 0 Å². The van der Waals surface area contributed by atoms with Crippen molar-refractivity contribution in [1.29, 1.82) is 0 Å². The molecule has 166 valence electrons. The van der Waals surface area contributed by atoms with Crippen molar-refractivity contribution >= 4 is 0 Å². The Morgan fingerprint density at radius 3 is 2.00 bits per heavy atom. The summed E-state index contributed by atoms with van der Waals surface area (Å²) in [5, 5.41) is 28.9. The molecule has 0 aromatic carbocycles. The van der Waals surface area contributed by atoms with E-state index in [9.17, 15) is 15.3 Å². The van der Waals surface area contributed by atoms with E-state index in [-0.39, 0.29) is 13.2 Å². The average Bonchev–Trinajstić information content (AvgIpc) is 2.70. The zero-order valence-corrected chi connectivity index (χ0v) is 17.9. The monoisotopic (exact) mass is 400 g/mol. The van der Waals surface area contributed by atoms with Gasteiger partial charge in [-0.3, -0.25) is 0 Å².